The summed E-state index contributed by atoms with van der Waals surface area (Å²) in [5, 5.41) is 2.50. The van der Waals surface area contributed by atoms with Crippen LogP contribution < -0.4 is 14.8 Å². The van der Waals surface area contributed by atoms with Crippen molar-refractivity contribution in [2.45, 2.75) is 32.5 Å². The summed E-state index contributed by atoms with van der Waals surface area (Å²) in [5.74, 6) is -4.00. The molecule has 38 heavy (non-hydrogen) atoms. The molecular formula is C25H23F4N3O5S. The number of hydrogen-bond donors (Lipinski definition) is 2. The predicted molar refractivity (Wildman–Crippen MR) is 131 cm³/mol. The number of rotatable bonds is 8. The topological polar surface area (TPSA) is 114 Å². The number of carbonyl (C=O) groups excluding carboxylic acids is 2. The van der Waals surface area contributed by atoms with E-state index in [1.54, 1.807) is 19.1 Å². The van der Waals surface area contributed by atoms with E-state index in [-0.39, 0.29) is 28.9 Å². The molecule has 0 radical (unpaired) electrons. The maximum absolute atomic E-state index is 14.3. The van der Waals surface area contributed by atoms with Gasteiger partial charge in [0.1, 0.15) is 11.5 Å². The van der Waals surface area contributed by atoms with E-state index in [1.807, 2.05) is 4.72 Å². The molecule has 0 fully saturated rings. The summed E-state index contributed by atoms with van der Waals surface area (Å²) >= 11 is 0. The second-order valence-electron chi connectivity index (χ2n) is 8.47. The van der Waals surface area contributed by atoms with Crippen molar-refractivity contribution in [1.82, 2.24) is 10.3 Å². The number of esters is 1. The number of aryl methyl sites for hydroxylation is 1. The number of benzene rings is 2. The van der Waals surface area contributed by atoms with E-state index >= 15 is 0 Å². The summed E-state index contributed by atoms with van der Waals surface area (Å²) < 4.78 is 83.8. The average molecular weight is 554 g/mol. The van der Waals surface area contributed by atoms with Gasteiger partial charge in [0.2, 0.25) is 21.8 Å². The average Bonchev–Trinajstić information content (AvgIpc) is 2.82. The smallest absolute Gasteiger partial charge is 0.403 e. The highest BCUT2D eigenvalue weighted by Crippen LogP contribution is 2.31. The van der Waals surface area contributed by atoms with Gasteiger partial charge in [-0.25, -0.2) is 22.6 Å². The molecule has 0 aliphatic rings. The van der Waals surface area contributed by atoms with E-state index in [0.29, 0.717) is 6.07 Å². The summed E-state index contributed by atoms with van der Waals surface area (Å²) in [6, 6.07) is 11.4. The standard InChI is InChI=1S/C25H23F4N3O5S/c1-14-4-6-16(7-5-14)24(34)37-23-18(9-11-21(31-23)25(27,28)29)13-30-22(33)15(2)17-8-10-20(19(26)12-17)32-38(3,35)36/h4-12,15,32H,13H2,1-3H3,(H,30,33). The Morgan fingerprint density at radius 3 is 2.29 bits per heavy atom. The lowest BCUT2D eigenvalue weighted by Gasteiger charge is -2.16. The number of pyridine rings is 1. The van der Waals surface area contributed by atoms with E-state index in [2.05, 4.69) is 10.3 Å². The molecule has 1 atom stereocenters. The van der Waals surface area contributed by atoms with Gasteiger partial charge in [0.05, 0.1) is 23.4 Å². The Balaban J connectivity index is 1.78. The van der Waals surface area contributed by atoms with Crippen LogP contribution in [0.15, 0.2) is 54.6 Å². The summed E-state index contributed by atoms with van der Waals surface area (Å²) in [5.41, 5.74) is -0.411. The molecule has 0 spiro atoms. The van der Waals surface area contributed by atoms with Crippen LogP contribution >= 0.6 is 0 Å². The second-order valence-corrected chi connectivity index (χ2v) is 10.2. The molecule has 8 nitrogen and oxygen atoms in total. The first-order valence-electron chi connectivity index (χ1n) is 11.0. The molecule has 0 aliphatic carbocycles. The number of carbonyl (C=O) groups is 2. The number of sulfonamides is 1. The Kier molecular flexibility index (Phi) is 8.40. The number of anilines is 1. The molecular weight excluding hydrogens is 530 g/mol. The Bertz CT molecular complexity index is 1460. The Morgan fingerprint density at radius 2 is 1.71 bits per heavy atom. The Morgan fingerprint density at radius 1 is 1.05 bits per heavy atom. The Labute approximate surface area is 216 Å². The van der Waals surface area contributed by atoms with Crippen LogP contribution in [0, 0.1) is 12.7 Å². The number of ether oxygens (including phenoxy) is 1. The molecule has 1 aromatic heterocycles. The quantitative estimate of drug-likeness (QED) is 0.312. The molecule has 13 heteroatoms. The first kappa shape index (κ1) is 28.6. The third kappa shape index (κ3) is 7.51. The van der Waals surface area contributed by atoms with Crippen LogP contribution in [0.1, 0.15) is 45.6 Å². The Hall–Kier alpha value is -4.00. The summed E-state index contributed by atoms with van der Waals surface area (Å²) in [7, 11) is -3.71. The van der Waals surface area contributed by atoms with Crippen molar-refractivity contribution < 1.29 is 40.3 Å². The minimum absolute atomic E-state index is 0.00195. The third-order valence-electron chi connectivity index (χ3n) is 5.34. The van der Waals surface area contributed by atoms with Gasteiger partial charge in [0, 0.05) is 12.1 Å². The van der Waals surface area contributed by atoms with Crippen molar-refractivity contribution in [2.24, 2.45) is 0 Å². The molecule has 2 N–H and O–H groups in total. The molecule has 3 aromatic rings. The lowest BCUT2D eigenvalue weighted by Crippen LogP contribution is -2.28. The van der Waals surface area contributed by atoms with Crippen LogP contribution in [0.3, 0.4) is 0 Å². The first-order valence-corrected chi connectivity index (χ1v) is 12.9. The fourth-order valence-corrected chi connectivity index (χ4v) is 3.82. The fraction of sp³-hybridized carbons (Fsp3) is 0.240. The predicted octanol–water partition coefficient (Wildman–Crippen LogP) is 4.56. The largest absolute Gasteiger partial charge is 0.433 e. The summed E-state index contributed by atoms with van der Waals surface area (Å²) in [6.07, 6.45) is -3.94. The highest BCUT2D eigenvalue weighted by Gasteiger charge is 2.33. The van der Waals surface area contributed by atoms with E-state index in [1.165, 1.54) is 25.1 Å². The number of hydrogen-bond acceptors (Lipinski definition) is 6. The van der Waals surface area contributed by atoms with Gasteiger partial charge in [-0.15, -0.1) is 0 Å². The normalized spacial score (nSPS) is 12.5. The van der Waals surface area contributed by atoms with Gasteiger partial charge in [-0.3, -0.25) is 9.52 Å². The number of aromatic nitrogens is 1. The molecule has 1 heterocycles. The van der Waals surface area contributed by atoms with Gasteiger partial charge >= 0.3 is 12.1 Å². The zero-order valence-electron chi connectivity index (χ0n) is 20.4. The van der Waals surface area contributed by atoms with Gasteiger partial charge in [-0.2, -0.15) is 13.2 Å². The number of halogens is 4. The first-order chi connectivity index (χ1) is 17.6. The van der Waals surface area contributed by atoms with Crippen LogP contribution in [-0.4, -0.2) is 31.5 Å². The van der Waals surface area contributed by atoms with Gasteiger partial charge in [0.15, 0.2) is 0 Å². The van der Waals surface area contributed by atoms with Crippen molar-refractivity contribution in [1.29, 1.82) is 0 Å². The van der Waals surface area contributed by atoms with Crippen LogP contribution in [0.5, 0.6) is 5.88 Å². The van der Waals surface area contributed by atoms with E-state index in [9.17, 15) is 35.6 Å². The van der Waals surface area contributed by atoms with Gasteiger partial charge < -0.3 is 10.1 Å². The lowest BCUT2D eigenvalue weighted by atomic mass is 9.99. The zero-order valence-corrected chi connectivity index (χ0v) is 21.2. The molecule has 0 aliphatic heterocycles. The van der Waals surface area contributed by atoms with Crippen LogP contribution in [0.4, 0.5) is 23.2 Å². The van der Waals surface area contributed by atoms with E-state index in [0.717, 1.165) is 30.0 Å². The van der Waals surface area contributed by atoms with E-state index < -0.39 is 51.4 Å². The lowest BCUT2D eigenvalue weighted by molar-refractivity contribution is -0.141. The summed E-state index contributed by atoms with van der Waals surface area (Å²) in [4.78, 5) is 28.6. The highest BCUT2D eigenvalue weighted by atomic mass is 32.2. The number of nitrogens with zero attached hydrogens (tertiary/aromatic N) is 1. The van der Waals surface area contributed by atoms with Crippen molar-refractivity contribution in [3.8, 4) is 5.88 Å². The van der Waals surface area contributed by atoms with Crippen molar-refractivity contribution >= 4 is 27.6 Å². The molecule has 202 valence electrons. The third-order valence-corrected chi connectivity index (χ3v) is 5.93. The molecule has 0 saturated carbocycles. The highest BCUT2D eigenvalue weighted by molar-refractivity contribution is 7.92. The van der Waals surface area contributed by atoms with Crippen molar-refractivity contribution in [3.05, 3.63) is 88.4 Å². The molecule has 0 bridgehead atoms. The van der Waals surface area contributed by atoms with Gasteiger partial charge in [-0.1, -0.05) is 23.8 Å². The molecule has 1 unspecified atom stereocenters. The monoisotopic (exact) mass is 553 g/mol. The minimum Gasteiger partial charge on any atom is -0.403 e. The molecule has 2 aromatic carbocycles. The molecule has 3 rings (SSSR count). The molecule has 1 amide bonds. The van der Waals surface area contributed by atoms with E-state index in [4.69, 9.17) is 4.74 Å². The molecule has 0 saturated heterocycles. The van der Waals surface area contributed by atoms with Gasteiger partial charge in [-0.05, 0) is 55.8 Å². The SMILES string of the molecule is Cc1ccc(C(=O)Oc2nc(C(F)(F)F)ccc2CNC(=O)C(C)c2ccc(NS(C)(=O)=O)c(F)c2)cc1. The van der Waals surface area contributed by atoms with Gasteiger partial charge in [0.25, 0.3) is 0 Å². The zero-order chi connectivity index (χ0) is 28.3. The van der Waals surface area contributed by atoms with Crippen molar-refractivity contribution in [2.75, 3.05) is 11.0 Å². The van der Waals surface area contributed by atoms with Crippen LogP contribution in [0.25, 0.3) is 0 Å². The number of alkyl halides is 3. The van der Waals surface area contributed by atoms with Crippen molar-refractivity contribution in [3.63, 3.8) is 0 Å². The maximum atomic E-state index is 14.3. The van der Waals surface area contributed by atoms with Crippen LogP contribution in [-0.2, 0) is 27.5 Å². The van der Waals surface area contributed by atoms with Crippen LogP contribution in [0.2, 0.25) is 0 Å². The second kappa shape index (κ2) is 11.2. The number of amides is 1. The maximum Gasteiger partial charge on any atom is 0.433 e. The summed E-state index contributed by atoms with van der Waals surface area (Å²) in [6.45, 7) is 2.90. The number of nitrogens with one attached hydrogen (secondary N) is 2. The minimum atomic E-state index is -4.80. The fourth-order valence-electron chi connectivity index (χ4n) is 3.26.